The molecule has 1 heterocycles. The van der Waals surface area contributed by atoms with Gasteiger partial charge in [-0.3, -0.25) is 4.79 Å². The molecule has 1 unspecified atom stereocenters. The molecule has 1 aliphatic rings. The summed E-state index contributed by atoms with van der Waals surface area (Å²) in [7, 11) is 0. The number of carbonyl (C=O) groups is 1. The molecule has 0 fully saturated rings. The number of rotatable bonds is 1. The maximum Gasteiger partial charge on any atom is 0.226 e. The molecule has 1 aromatic carbocycles. The molecule has 0 aliphatic carbocycles. The van der Waals surface area contributed by atoms with Gasteiger partial charge in [0.25, 0.3) is 0 Å². The standard InChI is InChI=1S/C12H14ClFN2O/c1-3-16-7(2)4-12(17)15-10-5-8(13)9(14)6-11(10)16/h5-7H,3-4H2,1-2H3,(H,15,17). The number of hydrogen-bond donors (Lipinski definition) is 1. The third-order valence-electron chi connectivity index (χ3n) is 2.98. The summed E-state index contributed by atoms with van der Waals surface area (Å²) in [6.07, 6.45) is 0.391. The Labute approximate surface area is 105 Å². The van der Waals surface area contributed by atoms with Crippen LogP contribution in [0.15, 0.2) is 12.1 Å². The third-order valence-corrected chi connectivity index (χ3v) is 3.27. The molecule has 0 radical (unpaired) electrons. The van der Waals surface area contributed by atoms with E-state index in [1.807, 2.05) is 18.7 Å². The molecule has 17 heavy (non-hydrogen) atoms. The number of amides is 1. The predicted molar refractivity (Wildman–Crippen MR) is 67.1 cm³/mol. The lowest BCUT2D eigenvalue weighted by atomic mass is 10.2. The minimum absolute atomic E-state index is 0.0228. The maximum atomic E-state index is 13.5. The molecular weight excluding hydrogens is 243 g/mol. The number of benzene rings is 1. The van der Waals surface area contributed by atoms with Gasteiger partial charge >= 0.3 is 0 Å². The highest BCUT2D eigenvalue weighted by molar-refractivity contribution is 6.31. The van der Waals surface area contributed by atoms with Crippen LogP contribution < -0.4 is 10.2 Å². The molecule has 3 nitrogen and oxygen atoms in total. The Kier molecular flexibility index (Phi) is 3.24. The average molecular weight is 257 g/mol. The van der Waals surface area contributed by atoms with Crippen molar-refractivity contribution in [2.45, 2.75) is 26.3 Å². The highest BCUT2D eigenvalue weighted by Crippen LogP contribution is 2.35. The summed E-state index contributed by atoms with van der Waals surface area (Å²) in [4.78, 5) is 13.6. The highest BCUT2D eigenvalue weighted by Gasteiger charge is 2.25. The second-order valence-corrected chi connectivity index (χ2v) is 4.58. The fraction of sp³-hybridized carbons (Fsp3) is 0.417. The third kappa shape index (κ3) is 2.22. The van der Waals surface area contributed by atoms with E-state index >= 15 is 0 Å². The van der Waals surface area contributed by atoms with Gasteiger partial charge < -0.3 is 10.2 Å². The van der Waals surface area contributed by atoms with Gasteiger partial charge in [-0.15, -0.1) is 0 Å². The van der Waals surface area contributed by atoms with Crippen molar-refractivity contribution in [3.63, 3.8) is 0 Å². The van der Waals surface area contributed by atoms with Crippen molar-refractivity contribution in [3.05, 3.63) is 23.0 Å². The lowest BCUT2D eigenvalue weighted by molar-refractivity contribution is -0.116. The molecule has 0 aromatic heterocycles. The Balaban J connectivity index is 2.55. The van der Waals surface area contributed by atoms with E-state index in [1.165, 1.54) is 12.1 Å². The van der Waals surface area contributed by atoms with E-state index < -0.39 is 5.82 Å². The quantitative estimate of drug-likeness (QED) is 0.838. The minimum atomic E-state index is -0.466. The van der Waals surface area contributed by atoms with Gasteiger partial charge in [0.2, 0.25) is 5.91 Å². The molecule has 1 aliphatic heterocycles. The normalized spacial score (nSPS) is 19.6. The summed E-state index contributed by atoms with van der Waals surface area (Å²) in [5.41, 5.74) is 1.26. The number of nitrogens with zero attached hydrogens (tertiary/aromatic N) is 1. The summed E-state index contributed by atoms with van der Waals surface area (Å²) >= 11 is 5.73. The Bertz CT molecular complexity index is 464. The first-order valence-corrected chi connectivity index (χ1v) is 5.96. The number of carbonyl (C=O) groups excluding carboxylic acids is 1. The Morgan fingerprint density at radius 3 is 2.94 bits per heavy atom. The molecular formula is C12H14ClFN2O. The smallest absolute Gasteiger partial charge is 0.226 e. The van der Waals surface area contributed by atoms with Crippen molar-refractivity contribution >= 4 is 28.9 Å². The van der Waals surface area contributed by atoms with Crippen LogP contribution in [-0.4, -0.2) is 18.5 Å². The summed E-state index contributed by atoms with van der Waals surface area (Å²) in [5, 5.41) is 2.78. The van der Waals surface area contributed by atoms with Gasteiger partial charge in [0.05, 0.1) is 16.4 Å². The minimum Gasteiger partial charge on any atom is -0.367 e. The zero-order valence-electron chi connectivity index (χ0n) is 9.76. The van der Waals surface area contributed by atoms with Crippen molar-refractivity contribution in [1.82, 2.24) is 0 Å². The van der Waals surface area contributed by atoms with Crippen molar-refractivity contribution < 1.29 is 9.18 Å². The van der Waals surface area contributed by atoms with Crippen molar-refractivity contribution in [2.75, 3.05) is 16.8 Å². The van der Waals surface area contributed by atoms with Gasteiger partial charge in [0, 0.05) is 25.1 Å². The van der Waals surface area contributed by atoms with Gasteiger partial charge in [-0.05, 0) is 19.9 Å². The first-order chi connectivity index (χ1) is 8.02. The number of hydrogen-bond acceptors (Lipinski definition) is 2. The molecule has 2 rings (SSSR count). The largest absolute Gasteiger partial charge is 0.367 e. The molecule has 0 spiro atoms. The summed E-state index contributed by atoms with van der Waals surface area (Å²) in [6.45, 7) is 4.64. The van der Waals surface area contributed by atoms with Crippen molar-refractivity contribution in [3.8, 4) is 0 Å². The summed E-state index contributed by atoms with van der Waals surface area (Å²) < 4.78 is 13.5. The average Bonchev–Trinajstić information content (AvgIpc) is 2.35. The van der Waals surface area contributed by atoms with Crippen LogP contribution in [0.4, 0.5) is 15.8 Å². The van der Waals surface area contributed by atoms with Crippen LogP contribution in [0.3, 0.4) is 0 Å². The molecule has 1 atom stereocenters. The zero-order valence-corrected chi connectivity index (χ0v) is 10.5. The predicted octanol–water partition coefficient (Wildman–Crippen LogP) is 3.04. The van der Waals surface area contributed by atoms with Crippen LogP contribution in [0.2, 0.25) is 5.02 Å². The topological polar surface area (TPSA) is 32.3 Å². The van der Waals surface area contributed by atoms with Crippen LogP contribution in [-0.2, 0) is 4.79 Å². The number of anilines is 2. The first kappa shape index (κ1) is 12.2. The van der Waals surface area contributed by atoms with E-state index in [1.54, 1.807) is 0 Å². The van der Waals surface area contributed by atoms with E-state index in [0.29, 0.717) is 24.3 Å². The highest BCUT2D eigenvalue weighted by atomic mass is 35.5. The molecule has 0 saturated carbocycles. The molecule has 0 bridgehead atoms. The second-order valence-electron chi connectivity index (χ2n) is 4.17. The molecule has 1 aromatic rings. The van der Waals surface area contributed by atoms with Gasteiger partial charge in [0.15, 0.2) is 0 Å². The van der Waals surface area contributed by atoms with Crippen molar-refractivity contribution in [2.24, 2.45) is 0 Å². The van der Waals surface area contributed by atoms with Crippen molar-refractivity contribution in [1.29, 1.82) is 0 Å². The van der Waals surface area contributed by atoms with E-state index in [-0.39, 0.29) is 17.0 Å². The first-order valence-electron chi connectivity index (χ1n) is 5.58. The van der Waals surface area contributed by atoms with Crippen LogP contribution in [0.1, 0.15) is 20.3 Å². The van der Waals surface area contributed by atoms with Crippen LogP contribution >= 0.6 is 11.6 Å². The van der Waals surface area contributed by atoms with Gasteiger partial charge in [-0.1, -0.05) is 11.6 Å². The SMILES string of the molecule is CCN1c2cc(F)c(Cl)cc2NC(=O)CC1C. The Morgan fingerprint density at radius 1 is 1.59 bits per heavy atom. The van der Waals surface area contributed by atoms with Gasteiger partial charge in [0.1, 0.15) is 5.82 Å². The second kappa shape index (κ2) is 4.53. The van der Waals surface area contributed by atoms with Gasteiger partial charge in [-0.25, -0.2) is 4.39 Å². The number of halogens is 2. The maximum absolute atomic E-state index is 13.5. The summed E-state index contributed by atoms with van der Waals surface area (Å²) in [6, 6.07) is 2.88. The molecule has 92 valence electrons. The van der Waals surface area contributed by atoms with E-state index in [2.05, 4.69) is 5.32 Å². The molecule has 1 N–H and O–H groups in total. The van der Waals surface area contributed by atoms with E-state index in [4.69, 9.17) is 11.6 Å². The molecule has 0 saturated heterocycles. The number of nitrogens with one attached hydrogen (secondary N) is 1. The lowest BCUT2D eigenvalue weighted by Gasteiger charge is -2.28. The Hall–Kier alpha value is -1.29. The fourth-order valence-electron chi connectivity index (χ4n) is 2.17. The lowest BCUT2D eigenvalue weighted by Crippen LogP contribution is -2.33. The van der Waals surface area contributed by atoms with Gasteiger partial charge in [-0.2, -0.15) is 0 Å². The van der Waals surface area contributed by atoms with E-state index in [0.717, 1.165) is 0 Å². The van der Waals surface area contributed by atoms with E-state index in [9.17, 15) is 9.18 Å². The van der Waals surface area contributed by atoms with Crippen LogP contribution in [0, 0.1) is 5.82 Å². The van der Waals surface area contributed by atoms with Crippen LogP contribution in [0.5, 0.6) is 0 Å². The molecule has 5 heteroatoms. The molecule has 1 amide bonds. The monoisotopic (exact) mass is 256 g/mol. The number of fused-ring (bicyclic) bond motifs is 1. The Morgan fingerprint density at radius 2 is 2.29 bits per heavy atom. The zero-order chi connectivity index (χ0) is 12.6. The fourth-order valence-corrected chi connectivity index (χ4v) is 2.34. The van der Waals surface area contributed by atoms with Crippen LogP contribution in [0.25, 0.3) is 0 Å². The summed E-state index contributed by atoms with van der Waals surface area (Å²) in [5.74, 6) is -0.537.